The van der Waals surface area contributed by atoms with Gasteiger partial charge in [-0.1, -0.05) is 48.2 Å². The first-order valence-corrected chi connectivity index (χ1v) is 11.5. The van der Waals surface area contributed by atoms with Crippen molar-refractivity contribution in [2.24, 2.45) is 0 Å². The average Bonchev–Trinajstić information content (AvgIpc) is 3.26. The Hall–Kier alpha value is -4.25. The highest BCUT2D eigenvalue weighted by Gasteiger charge is 2.18. The van der Waals surface area contributed by atoms with E-state index in [1.807, 2.05) is 61.5 Å². The molecule has 0 unspecified atom stereocenters. The number of nitrogens with zero attached hydrogens (tertiary/aromatic N) is 4. The molecule has 0 saturated heterocycles. The number of anilines is 1. The molecular weight excluding hydrogens is 473 g/mol. The Balaban J connectivity index is 1.49. The number of halogens is 1. The molecular formula is C24H20FN5O4S. The van der Waals surface area contributed by atoms with Gasteiger partial charge in [-0.25, -0.2) is 0 Å². The van der Waals surface area contributed by atoms with E-state index in [1.165, 1.54) is 6.07 Å². The Kier molecular flexibility index (Phi) is 7.36. The SMILES string of the molecule is Cc1ccccc1OCc1nnc(SCC(=O)Nc2ccc(F)c([N+](=O)[O-])c2)n1-c1ccccc1. The Bertz CT molecular complexity index is 1360. The standard InChI is InChI=1S/C24H20FN5O4S/c1-16-7-5-6-10-21(16)34-14-22-27-28-24(29(22)18-8-3-2-4-9-18)35-15-23(31)26-17-11-12-19(25)20(13-17)30(32)33/h2-13H,14-15H2,1H3,(H,26,31). The van der Waals surface area contributed by atoms with E-state index in [2.05, 4.69) is 15.5 Å². The van der Waals surface area contributed by atoms with Gasteiger partial charge in [-0.05, 0) is 42.8 Å². The van der Waals surface area contributed by atoms with Crippen LogP contribution in [0.1, 0.15) is 11.4 Å². The third kappa shape index (κ3) is 5.82. The molecule has 0 fully saturated rings. The molecule has 11 heteroatoms. The normalized spacial score (nSPS) is 10.7. The molecule has 4 rings (SSSR count). The second kappa shape index (κ2) is 10.8. The summed E-state index contributed by atoms with van der Waals surface area (Å²) in [5.41, 5.74) is 1.21. The van der Waals surface area contributed by atoms with Gasteiger partial charge >= 0.3 is 5.69 Å². The number of para-hydroxylation sites is 2. The molecule has 0 saturated carbocycles. The average molecular weight is 494 g/mol. The van der Waals surface area contributed by atoms with Crippen molar-refractivity contribution >= 4 is 29.0 Å². The lowest BCUT2D eigenvalue weighted by Gasteiger charge is -2.12. The number of carbonyl (C=O) groups excluding carboxylic acids is 1. The van der Waals surface area contributed by atoms with E-state index in [-0.39, 0.29) is 18.0 Å². The van der Waals surface area contributed by atoms with Crippen molar-refractivity contribution in [3.63, 3.8) is 0 Å². The third-order valence-corrected chi connectivity index (χ3v) is 5.85. The molecule has 0 bridgehead atoms. The topological polar surface area (TPSA) is 112 Å². The first kappa shape index (κ1) is 23.9. The van der Waals surface area contributed by atoms with Crippen molar-refractivity contribution in [3.8, 4) is 11.4 Å². The van der Waals surface area contributed by atoms with Crippen LogP contribution < -0.4 is 10.1 Å². The molecule has 0 aliphatic rings. The fourth-order valence-corrected chi connectivity index (χ4v) is 4.01. The minimum absolute atomic E-state index is 0.0468. The zero-order valence-corrected chi connectivity index (χ0v) is 19.4. The number of hydrogen-bond donors (Lipinski definition) is 1. The van der Waals surface area contributed by atoms with Crippen molar-refractivity contribution in [3.05, 3.63) is 100 Å². The molecule has 1 N–H and O–H groups in total. The fraction of sp³-hybridized carbons (Fsp3) is 0.125. The second-order valence-corrected chi connectivity index (χ2v) is 8.33. The van der Waals surface area contributed by atoms with E-state index in [1.54, 1.807) is 4.57 Å². The van der Waals surface area contributed by atoms with Crippen LogP contribution in [0, 0.1) is 22.9 Å². The van der Waals surface area contributed by atoms with Crippen LogP contribution in [0.15, 0.2) is 78.0 Å². The van der Waals surface area contributed by atoms with Gasteiger partial charge in [0.1, 0.15) is 12.4 Å². The lowest BCUT2D eigenvalue weighted by Crippen LogP contribution is -2.15. The molecule has 4 aromatic rings. The first-order valence-electron chi connectivity index (χ1n) is 10.5. The molecule has 1 amide bonds. The smallest absolute Gasteiger partial charge is 0.306 e. The maximum absolute atomic E-state index is 13.5. The van der Waals surface area contributed by atoms with Gasteiger partial charge in [0.15, 0.2) is 11.0 Å². The number of nitrogens with one attached hydrogen (secondary N) is 1. The van der Waals surface area contributed by atoms with Crippen LogP contribution in [0.3, 0.4) is 0 Å². The number of ether oxygens (including phenoxy) is 1. The minimum atomic E-state index is -0.973. The van der Waals surface area contributed by atoms with Crippen LogP contribution in [0.5, 0.6) is 5.75 Å². The maximum Gasteiger partial charge on any atom is 0.306 e. The zero-order chi connectivity index (χ0) is 24.8. The number of thioether (sulfide) groups is 1. The number of nitro benzene ring substituents is 1. The number of amides is 1. The summed E-state index contributed by atoms with van der Waals surface area (Å²) in [6.07, 6.45) is 0. The van der Waals surface area contributed by atoms with Crippen molar-refractivity contribution in [2.75, 3.05) is 11.1 Å². The molecule has 178 valence electrons. The largest absolute Gasteiger partial charge is 0.485 e. The predicted molar refractivity (Wildman–Crippen MR) is 129 cm³/mol. The Labute approximate surface area is 204 Å². The summed E-state index contributed by atoms with van der Waals surface area (Å²) in [5, 5.41) is 22.4. The monoisotopic (exact) mass is 493 g/mol. The van der Waals surface area contributed by atoms with E-state index >= 15 is 0 Å². The Morgan fingerprint density at radius 1 is 1.11 bits per heavy atom. The molecule has 0 aliphatic carbocycles. The van der Waals surface area contributed by atoms with Crippen molar-refractivity contribution in [1.29, 1.82) is 0 Å². The zero-order valence-electron chi connectivity index (χ0n) is 18.6. The van der Waals surface area contributed by atoms with Crippen LogP contribution in [0.4, 0.5) is 15.8 Å². The van der Waals surface area contributed by atoms with Crippen molar-refractivity contribution < 1.29 is 18.8 Å². The number of nitro groups is 1. The lowest BCUT2D eigenvalue weighted by atomic mass is 10.2. The van der Waals surface area contributed by atoms with Crippen LogP contribution >= 0.6 is 11.8 Å². The van der Waals surface area contributed by atoms with E-state index < -0.39 is 22.3 Å². The summed E-state index contributed by atoms with van der Waals surface area (Å²) in [6.45, 7) is 2.12. The van der Waals surface area contributed by atoms with Crippen LogP contribution in [-0.2, 0) is 11.4 Å². The van der Waals surface area contributed by atoms with Gasteiger partial charge < -0.3 is 10.1 Å². The summed E-state index contributed by atoms with van der Waals surface area (Å²) in [4.78, 5) is 22.6. The minimum Gasteiger partial charge on any atom is -0.485 e. The number of rotatable bonds is 9. The molecule has 0 spiro atoms. The molecule has 35 heavy (non-hydrogen) atoms. The molecule has 3 aromatic carbocycles. The van der Waals surface area contributed by atoms with Gasteiger partial charge in [0, 0.05) is 17.4 Å². The van der Waals surface area contributed by atoms with Gasteiger partial charge in [-0.2, -0.15) is 4.39 Å². The van der Waals surface area contributed by atoms with E-state index in [0.29, 0.717) is 11.0 Å². The Morgan fingerprint density at radius 3 is 2.60 bits per heavy atom. The summed E-state index contributed by atoms with van der Waals surface area (Å²) in [6, 6.07) is 20.2. The summed E-state index contributed by atoms with van der Waals surface area (Å²) >= 11 is 1.14. The quantitative estimate of drug-likeness (QED) is 0.200. The van der Waals surface area contributed by atoms with E-state index in [0.717, 1.165) is 40.9 Å². The van der Waals surface area contributed by atoms with Gasteiger partial charge in [-0.15, -0.1) is 10.2 Å². The second-order valence-electron chi connectivity index (χ2n) is 7.38. The van der Waals surface area contributed by atoms with Gasteiger partial charge in [0.05, 0.1) is 10.7 Å². The number of hydrogen-bond acceptors (Lipinski definition) is 7. The molecule has 9 nitrogen and oxygen atoms in total. The van der Waals surface area contributed by atoms with Crippen molar-refractivity contribution in [2.45, 2.75) is 18.7 Å². The highest BCUT2D eigenvalue weighted by Crippen LogP contribution is 2.25. The van der Waals surface area contributed by atoms with Crippen LogP contribution in [0.2, 0.25) is 0 Å². The first-order chi connectivity index (χ1) is 16.9. The van der Waals surface area contributed by atoms with E-state index in [9.17, 15) is 19.3 Å². The van der Waals surface area contributed by atoms with Crippen LogP contribution in [-0.4, -0.2) is 31.3 Å². The maximum atomic E-state index is 13.5. The summed E-state index contributed by atoms with van der Waals surface area (Å²) in [5.74, 6) is -0.168. The summed E-state index contributed by atoms with van der Waals surface area (Å²) in [7, 11) is 0. The number of benzene rings is 3. The molecule has 0 atom stereocenters. The van der Waals surface area contributed by atoms with Gasteiger partial charge in [-0.3, -0.25) is 19.5 Å². The van der Waals surface area contributed by atoms with Crippen LogP contribution in [0.25, 0.3) is 5.69 Å². The fourth-order valence-electron chi connectivity index (χ4n) is 3.24. The predicted octanol–water partition coefficient (Wildman–Crippen LogP) is 4.93. The Morgan fingerprint density at radius 2 is 1.86 bits per heavy atom. The number of aromatic nitrogens is 3. The lowest BCUT2D eigenvalue weighted by molar-refractivity contribution is -0.387. The van der Waals surface area contributed by atoms with E-state index in [4.69, 9.17) is 4.74 Å². The number of carbonyl (C=O) groups is 1. The molecule has 0 radical (unpaired) electrons. The highest BCUT2D eigenvalue weighted by molar-refractivity contribution is 7.99. The molecule has 1 aromatic heterocycles. The van der Waals surface area contributed by atoms with Crippen molar-refractivity contribution in [1.82, 2.24) is 14.8 Å². The molecule has 1 heterocycles. The third-order valence-electron chi connectivity index (χ3n) is 4.92. The highest BCUT2D eigenvalue weighted by atomic mass is 32.2. The molecule has 0 aliphatic heterocycles. The summed E-state index contributed by atoms with van der Waals surface area (Å²) < 4.78 is 21.3. The van der Waals surface area contributed by atoms with Gasteiger partial charge in [0.25, 0.3) is 0 Å². The number of aryl methyl sites for hydroxylation is 1. The van der Waals surface area contributed by atoms with Gasteiger partial charge in [0.2, 0.25) is 11.7 Å².